The van der Waals surface area contributed by atoms with Gasteiger partial charge < -0.3 is 0 Å². The fourth-order valence-electron chi connectivity index (χ4n) is 1.97. The monoisotopic (exact) mass is 351 g/mol. The molecule has 0 aliphatic carbocycles. The van der Waals surface area contributed by atoms with Crippen molar-refractivity contribution < 1.29 is 8.42 Å². The van der Waals surface area contributed by atoms with Gasteiger partial charge in [0, 0.05) is 10.9 Å². The van der Waals surface area contributed by atoms with Gasteiger partial charge >= 0.3 is 18.9 Å². The van der Waals surface area contributed by atoms with Crippen molar-refractivity contribution in [1.82, 2.24) is 4.72 Å². The zero-order valence-corrected chi connectivity index (χ0v) is 14.4. The van der Waals surface area contributed by atoms with E-state index < -0.39 is 10.0 Å². The molecule has 1 heterocycles. The summed E-state index contributed by atoms with van der Waals surface area (Å²) in [5.41, 5.74) is 1.03. The van der Waals surface area contributed by atoms with E-state index in [1.165, 1.54) is 0 Å². The molecule has 1 aromatic heterocycles. The van der Waals surface area contributed by atoms with Gasteiger partial charge in [0.1, 0.15) is 0 Å². The van der Waals surface area contributed by atoms with E-state index in [2.05, 4.69) is 4.72 Å². The third-order valence-corrected chi connectivity index (χ3v) is 6.21. The van der Waals surface area contributed by atoms with Crippen LogP contribution >= 0.6 is 22.9 Å². The zero-order chi connectivity index (χ0) is 15.5. The van der Waals surface area contributed by atoms with Crippen molar-refractivity contribution in [2.45, 2.75) is 37.6 Å². The predicted octanol–water partition coefficient (Wildman–Crippen LogP) is 3.36. The van der Waals surface area contributed by atoms with Crippen molar-refractivity contribution in [1.29, 1.82) is 0 Å². The summed E-state index contributed by atoms with van der Waals surface area (Å²) in [5, 5.41) is 2.62. The molecular formula is C15H19ClLiNO2S2. The van der Waals surface area contributed by atoms with Crippen LogP contribution in [0, 0.1) is 6.92 Å². The molecule has 0 bridgehead atoms. The molecule has 1 aromatic carbocycles. The summed E-state index contributed by atoms with van der Waals surface area (Å²) in [6.07, 6.45) is 1.32. The summed E-state index contributed by atoms with van der Waals surface area (Å²) in [4.78, 5) is 1.30. The second-order valence-corrected chi connectivity index (χ2v) is 8.06. The minimum absolute atomic E-state index is 0. The van der Waals surface area contributed by atoms with Crippen LogP contribution in [0.1, 0.15) is 23.8 Å². The summed E-state index contributed by atoms with van der Waals surface area (Å²) in [5.74, 6) is 0. The fraction of sp³-hybridized carbons (Fsp3) is 0.333. The van der Waals surface area contributed by atoms with Gasteiger partial charge in [0.2, 0.25) is 10.0 Å². The van der Waals surface area contributed by atoms with Gasteiger partial charge in [-0.3, -0.25) is 0 Å². The van der Waals surface area contributed by atoms with E-state index in [1.807, 2.05) is 25.3 Å². The molecule has 7 heteroatoms. The average molecular weight is 352 g/mol. The predicted molar refractivity (Wildman–Crippen MR) is 95.8 cm³/mol. The van der Waals surface area contributed by atoms with Crippen LogP contribution in [0.3, 0.4) is 0 Å². The molecule has 116 valence electrons. The van der Waals surface area contributed by atoms with Crippen LogP contribution in [0.4, 0.5) is 0 Å². The molecule has 0 amide bonds. The van der Waals surface area contributed by atoms with Crippen molar-refractivity contribution in [3.05, 3.63) is 51.2 Å². The maximum atomic E-state index is 12.4. The number of halogens is 1. The van der Waals surface area contributed by atoms with Gasteiger partial charge in [0.25, 0.3) is 0 Å². The van der Waals surface area contributed by atoms with E-state index >= 15 is 0 Å². The maximum absolute atomic E-state index is 12.4. The van der Waals surface area contributed by atoms with Crippen LogP contribution in [0.25, 0.3) is 0 Å². The molecule has 22 heavy (non-hydrogen) atoms. The molecule has 0 spiro atoms. The summed E-state index contributed by atoms with van der Waals surface area (Å²) in [6.45, 7) is 3.89. The van der Waals surface area contributed by atoms with E-state index in [4.69, 9.17) is 11.6 Å². The Bertz CT molecular complexity index is 699. The number of thiophene rings is 1. The number of hydrogen-bond donors (Lipinski definition) is 1. The third-order valence-electron chi connectivity index (χ3n) is 3.27. The van der Waals surface area contributed by atoms with E-state index in [1.54, 1.807) is 35.6 Å². The van der Waals surface area contributed by atoms with E-state index in [0.29, 0.717) is 22.8 Å². The normalized spacial score (nSPS) is 12.7. The van der Waals surface area contributed by atoms with Crippen molar-refractivity contribution in [2.24, 2.45) is 0 Å². The number of benzene rings is 1. The first kappa shape index (κ1) is 19.8. The first-order valence-electron chi connectivity index (χ1n) is 6.73. The fourth-order valence-corrected chi connectivity index (χ4v) is 4.48. The van der Waals surface area contributed by atoms with Gasteiger partial charge in [-0.15, -0.1) is 11.3 Å². The average Bonchev–Trinajstić information content (AvgIpc) is 2.83. The molecule has 1 unspecified atom stereocenters. The molecule has 0 radical (unpaired) electrons. The standard InChI is InChI=1S/C15H18ClNO2S2.Li.H/c1-3-12(10-15-14(16)8-9-20-15)17-21(18,19)13-6-4-11(2)5-7-13;;/h4-9,12,17H,3,10H2,1-2H3;;. The quantitative estimate of drug-likeness (QED) is 0.811. The van der Waals surface area contributed by atoms with Gasteiger partial charge in [-0.25, -0.2) is 13.1 Å². The second-order valence-electron chi connectivity index (χ2n) is 4.94. The van der Waals surface area contributed by atoms with Gasteiger partial charge in [0.05, 0.1) is 9.92 Å². The van der Waals surface area contributed by atoms with E-state index in [9.17, 15) is 8.42 Å². The first-order chi connectivity index (χ1) is 9.92. The van der Waals surface area contributed by atoms with Crippen molar-refractivity contribution in [3.63, 3.8) is 0 Å². The molecule has 0 saturated heterocycles. The summed E-state index contributed by atoms with van der Waals surface area (Å²) < 4.78 is 27.5. The number of hydrogen-bond acceptors (Lipinski definition) is 3. The van der Waals surface area contributed by atoms with Crippen LogP contribution in [-0.2, 0) is 16.4 Å². The molecule has 2 aromatic rings. The minimum atomic E-state index is -3.49. The Hall–Kier alpha value is -0.283. The number of sulfonamides is 1. The zero-order valence-electron chi connectivity index (χ0n) is 12.0. The van der Waals surface area contributed by atoms with Crippen LogP contribution in [0.2, 0.25) is 5.02 Å². The Kier molecular flexibility index (Phi) is 7.67. The molecular weight excluding hydrogens is 333 g/mol. The molecule has 0 aliphatic heterocycles. The molecule has 0 fully saturated rings. The molecule has 0 aliphatic rings. The SMILES string of the molecule is CCC(Cc1sccc1Cl)NS(=O)(=O)c1ccc(C)cc1.[LiH]. The third kappa shape index (κ3) is 5.12. The van der Waals surface area contributed by atoms with E-state index in [-0.39, 0.29) is 24.9 Å². The van der Waals surface area contributed by atoms with Crippen LogP contribution in [0.5, 0.6) is 0 Å². The summed E-state index contributed by atoms with van der Waals surface area (Å²) in [6, 6.07) is 8.53. The molecule has 1 atom stereocenters. The van der Waals surface area contributed by atoms with Gasteiger partial charge in [-0.2, -0.15) is 0 Å². The topological polar surface area (TPSA) is 46.2 Å². The molecule has 0 saturated carbocycles. The van der Waals surface area contributed by atoms with Crippen LogP contribution in [0.15, 0.2) is 40.6 Å². The Morgan fingerprint density at radius 3 is 2.36 bits per heavy atom. The molecule has 2 rings (SSSR count). The molecule has 1 N–H and O–H groups in total. The Morgan fingerprint density at radius 2 is 1.86 bits per heavy atom. The van der Waals surface area contributed by atoms with Crippen LogP contribution in [-0.4, -0.2) is 33.3 Å². The van der Waals surface area contributed by atoms with E-state index in [0.717, 1.165) is 10.4 Å². The van der Waals surface area contributed by atoms with Crippen molar-refractivity contribution >= 4 is 51.8 Å². The van der Waals surface area contributed by atoms with Crippen molar-refractivity contribution in [3.8, 4) is 0 Å². The summed E-state index contributed by atoms with van der Waals surface area (Å²) >= 11 is 7.63. The Balaban J connectivity index is 0.00000242. The number of nitrogens with one attached hydrogen (secondary N) is 1. The van der Waals surface area contributed by atoms with Gasteiger partial charge in [0.15, 0.2) is 0 Å². The Labute approximate surface area is 153 Å². The number of aryl methyl sites for hydroxylation is 1. The Morgan fingerprint density at radius 1 is 1.23 bits per heavy atom. The first-order valence-corrected chi connectivity index (χ1v) is 9.47. The number of rotatable bonds is 6. The van der Waals surface area contributed by atoms with Crippen LogP contribution < -0.4 is 4.72 Å². The van der Waals surface area contributed by atoms with Crippen molar-refractivity contribution in [2.75, 3.05) is 0 Å². The molecule has 3 nitrogen and oxygen atoms in total. The second kappa shape index (κ2) is 8.54. The summed E-state index contributed by atoms with van der Waals surface area (Å²) in [7, 11) is -3.49. The van der Waals surface area contributed by atoms with Gasteiger partial charge in [-0.1, -0.05) is 36.2 Å². The van der Waals surface area contributed by atoms with Gasteiger partial charge in [-0.05, 0) is 43.3 Å².